The van der Waals surface area contributed by atoms with Crippen LogP contribution in [0.3, 0.4) is 0 Å². The van der Waals surface area contributed by atoms with Crippen LogP contribution in [0.1, 0.15) is 26.7 Å². The summed E-state index contributed by atoms with van der Waals surface area (Å²) < 4.78 is 4.94. The summed E-state index contributed by atoms with van der Waals surface area (Å²) in [6, 6.07) is 0. The molecule has 0 saturated carbocycles. The van der Waals surface area contributed by atoms with Crippen molar-refractivity contribution in [1.29, 1.82) is 0 Å². The molecule has 0 aromatic carbocycles. The summed E-state index contributed by atoms with van der Waals surface area (Å²) in [6.07, 6.45) is 1.08. The molecule has 19 heavy (non-hydrogen) atoms. The monoisotopic (exact) mass is 271 g/mol. The topological polar surface area (TPSA) is 75.9 Å². The number of amides is 2. The van der Waals surface area contributed by atoms with Gasteiger partial charge in [-0.3, -0.25) is 4.79 Å². The van der Waals surface area contributed by atoms with E-state index in [9.17, 15) is 9.59 Å². The lowest BCUT2D eigenvalue weighted by Gasteiger charge is -2.34. The fourth-order valence-electron chi connectivity index (χ4n) is 2.00. The third-order valence-corrected chi connectivity index (χ3v) is 3.41. The lowest BCUT2D eigenvalue weighted by atomic mass is 10.1. The van der Waals surface area contributed by atoms with Gasteiger partial charge in [-0.25, -0.2) is 4.79 Å². The summed E-state index contributed by atoms with van der Waals surface area (Å²) in [5.74, 6) is 0.536. The molecular formula is C13H25N3O3. The van der Waals surface area contributed by atoms with E-state index in [1.165, 1.54) is 0 Å². The van der Waals surface area contributed by atoms with Crippen LogP contribution in [-0.4, -0.2) is 61.1 Å². The van der Waals surface area contributed by atoms with Gasteiger partial charge in [-0.15, -0.1) is 0 Å². The Morgan fingerprint density at radius 2 is 1.79 bits per heavy atom. The normalized spacial score (nSPS) is 17.2. The molecule has 1 rings (SSSR count). The first-order valence-electron chi connectivity index (χ1n) is 6.98. The van der Waals surface area contributed by atoms with E-state index in [-0.39, 0.29) is 12.0 Å². The van der Waals surface area contributed by atoms with Gasteiger partial charge in [0.1, 0.15) is 0 Å². The Hall–Kier alpha value is -1.30. The molecule has 0 aliphatic carbocycles. The number of nitrogens with zero attached hydrogens (tertiary/aromatic N) is 2. The zero-order valence-corrected chi connectivity index (χ0v) is 11.9. The predicted molar refractivity (Wildman–Crippen MR) is 72.6 cm³/mol. The lowest BCUT2D eigenvalue weighted by molar-refractivity contribution is -0.133. The molecule has 1 atom stereocenters. The van der Waals surface area contributed by atoms with E-state index >= 15 is 0 Å². The van der Waals surface area contributed by atoms with Gasteiger partial charge in [0.05, 0.1) is 6.61 Å². The van der Waals surface area contributed by atoms with Crippen molar-refractivity contribution < 1.29 is 14.3 Å². The van der Waals surface area contributed by atoms with Gasteiger partial charge in [0.2, 0.25) is 5.91 Å². The summed E-state index contributed by atoms with van der Waals surface area (Å²) in [4.78, 5) is 27.0. The van der Waals surface area contributed by atoms with Gasteiger partial charge in [-0.2, -0.15) is 0 Å². The molecule has 0 radical (unpaired) electrons. The first-order valence-corrected chi connectivity index (χ1v) is 6.98. The molecule has 0 bridgehead atoms. The number of hydrogen-bond acceptors (Lipinski definition) is 4. The molecule has 0 aromatic rings. The molecule has 1 heterocycles. The van der Waals surface area contributed by atoms with Crippen molar-refractivity contribution in [3.63, 3.8) is 0 Å². The zero-order valence-electron chi connectivity index (χ0n) is 11.9. The minimum absolute atomic E-state index is 0.156. The molecule has 0 aromatic heterocycles. The minimum atomic E-state index is -0.286. The van der Waals surface area contributed by atoms with Crippen LogP contribution in [0.2, 0.25) is 0 Å². The average Bonchev–Trinajstić information content (AvgIpc) is 2.44. The smallest absolute Gasteiger partial charge is 0.409 e. The van der Waals surface area contributed by atoms with E-state index in [0.717, 1.165) is 6.42 Å². The molecule has 110 valence electrons. The predicted octanol–water partition coefficient (Wildman–Crippen LogP) is 0.662. The Kier molecular flexibility index (Phi) is 6.62. The van der Waals surface area contributed by atoms with E-state index in [0.29, 0.717) is 51.7 Å². The summed E-state index contributed by atoms with van der Waals surface area (Å²) in [5, 5.41) is 0. The van der Waals surface area contributed by atoms with Crippen molar-refractivity contribution in [2.24, 2.45) is 11.7 Å². The number of nitrogens with two attached hydrogens (primary N) is 1. The van der Waals surface area contributed by atoms with Crippen molar-refractivity contribution in [2.75, 3.05) is 39.3 Å². The largest absolute Gasteiger partial charge is 0.450 e. The molecule has 0 spiro atoms. The Labute approximate surface area is 114 Å². The maximum Gasteiger partial charge on any atom is 0.409 e. The zero-order chi connectivity index (χ0) is 14.3. The molecule has 6 nitrogen and oxygen atoms in total. The highest BCUT2D eigenvalue weighted by Crippen LogP contribution is 2.09. The molecule has 6 heteroatoms. The number of carbonyl (C=O) groups is 2. The molecule has 1 aliphatic rings. The Morgan fingerprint density at radius 1 is 1.21 bits per heavy atom. The van der Waals surface area contributed by atoms with Gasteiger partial charge in [-0.1, -0.05) is 6.92 Å². The van der Waals surface area contributed by atoms with Crippen molar-refractivity contribution in [1.82, 2.24) is 9.80 Å². The summed E-state index contributed by atoms with van der Waals surface area (Å²) in [7, 11) is 0. The third-order valence-electron chi connectivity index (χ3n) is 3.41. The van der Waals surface area contributed by atoms with E-state index in [1.807, 2.05) is 11.8 Å². The molecular weight excluding hydrogens is 246 g/mol. The van der Waals surface area contributed by atoms with Crippen LogP contribution in [0.25, 0.3) is 0 Å². The summed E-state index contributed by atoms with van der Waals surface area (Å²) in [5.41, 5.74) is 5.53. The van der Waals surface area contributed by atoms with Crippen molar-refractivity contribution in [3.8, 4) is 0 Å². The highest BCUT2D eigenvalue weighted by molar-refractivity contribution is 5.76. The first kappa shape index (κ1) is 15.8. The SMILES string of the molecule is CCOC(=O)N1CCN(C(=O)CCC(C)CN)CC1. The fraction of sp³-hybridized carbons (Fsp3) is 0.846. The Bertz CT molecular complexity index is 302. The van der Waals surface area contributed by atoms with Gasteiger partial charge in [0, 0.05) is 32.6 Å². The molecule has 1 aliphatic heterocycles. The number of ether oxygens (including phenoxy) is 1. The number of piperazine rings is 1. The van der Waals surface area contributed by atoms with Crippen LogP contribution in [-0.2, 0) is 9.53 Å². The second-order valence-electron chi connectivity index (χ2n) is 4.95. The highest BCUT2D eigenvalue weighted by atomic mass is 16.6. The maximum absolute atomic E-state index is 12.0. The van der Waals surface area contributed by atoms with Gasteiger partial charge in [-0.05, 0) is 25.8 Å². The van der Waals surface area contributed by atoms with Crippen molar-refractivity contribution in [3.05, 3.63) is 0 Å². The standard InChI is InChI=1S/C13H25N3O3/c1-3-19-13(18)16-8-6-15(7-9-16)12(17)5-4-11(2)10-14/h11H,3-10,14H2,1-2H3. The first-order chi connectivity index (χ1) is 9.08. The lowest BCUT2D eigenvalue weighted by Crippen LogP contribution is -2.50. The van der Waals surface area contributed by atoms with Crippen molar-refractivity contribution >= 4 is 12.0 Å². The second-order valence-corrected chi connectivity index (χ2v) is 4.95. The van der Waals surface area contributed by atoms with E-state index < -0.39 is 0 Å². The van der Waals surface area contributed by atoms with E-state index in [2.05, 4.69) is 0 Å². The van der Waals surface area contributed by atoms with Gasteiger partial charge < -0.3 is 20.3 Å². The van der Waals surface area contributed by atoms with Crippen molar-refractivity contribution in [2.45, 2.75) is 26.7 Å². The molecule has 1 fully saturated rings. The van der Waals surface area contributed by atoms with E-state index in [4.69, 9.17) is 10.5 Å². The van der Waals surface area contributed by atoms with Crippen LogP contribution >= 0.6 is 0 Å². The van der Waals surface area contributed by atoms with Crippen LogP contribution in [0.4, 0.5) is 4.79 Å². The number of carbonyl (C=O) groups excluding carboxylic acids is 2. The summed E-state index contributed by atoms with van der Waals surface area (Å²) >= 11 is 0. The van der Waals surface area contributed by atoms with Gasteiger partial charge in [0.25, 0.3) is 0 Å². The number of rotatable bonds is 5. The average molecular weight is 271 g/mol. The minimum Gasteiger partial charge on any atom is -0.450 e. The van der Waals surface area contributed by atoms with Crippen LogP contribution in [0.5, 0.6) is 0 Å². The third kappa shape index (κ3) is 5.06. The van der Waals surface area contributed by atoms with Crippen LogP contribution in [0, 0.1) is 5.92 Å². The van der Waals surface area contributed by atoms with Crippen LogP contribution in [0.15, 0.2) is 0 Å². The van der Waals surface area contributed by atoms with Gasteiger partial charge >= 0.3 is 6.09 Å². The fourth-order valence-corrected chi connectivity index (χ4v) is 2.00. The molecule has 1 saturated heterocycles. The summed E-state index contributed by atoms with van der Waals surface area (Å²) in [6.45, 7) is 7.12. The molecule has 2 N–H and O–H groups in total. The maximum atomic E-state index is 12.0. The van der Waals surface area contributed by atoms with Gasteiger partial charge in [0.15, 0.2) is 0 Å². The van der Waals surface area contributed by atoms with E-state index in [1.54, 1.807) is 11.8 Å². The second kappa shape index (κ2) is 7.99. The quantitative estimate of drug-likeness (QED) is 0.797. The molecule has 1 unspecified atom stereocenters. The number of hydrogen-bond donors (Lipinski definition) is 1. The Morgan fingerprint density at radius 3 is 2.32 bits per heavy atom. The highest BCUT2D eigenvalue weighted by Gasteiger charge is 2.24. The van der Waals surface area contributed by atoms with Crippen LogP contribution < -0.4 is 5.73 Å². The Balaban J connectivity index is 2.29. The molecule has 2 amide bonds.